The van der Waals surface area contributed by atoms with Gasteiger partial charge < -0.3 is 10.1 Å². The van der Waals surface area contributed by atoms with Crippen LogP contribution in [0.2, 0.25) is 0 Å². The zero-order valence-corrected chi connectivity index (χ0v) is 10.9. The molecule has 1 aromatic carbocycles. The SMILES string of the molecule is C=CC(C)(C)CNCCOCc1ccccc1. The molecule has 0 bridgehead atoms. The van der Waals surface area contributed by atoms with E-state index in [2.05, 4.69) is 37.9 Å². The summed E-state index contributed by atoms with van der Waals surface area (Å²) in [5.74, 6) is 0. The molecule has 1 aromatic rings. The van der Waals surface area contributed by atoms with Gasteiger partial charge in [-0.25, -0.2) is 0 Å². The van der Waals surface area contributed by atoms with Gasteiger partial charge in [0.1, 0.15) is 0 Å². The van der Waals surface area contributed by atoms with Gasteiger partial charge in [0.05, 0.1) is 13.2 Å². The Kier molecular flexibility index (Phi) is 5.95. The molecule has 0 unspecified atom stereocenters. The first-order valence-electron chi connectivity index (χ1n) is 6.10. The highest BCUT2D eigenvalue weighted by Crippen LogP contribution is 2.13. The van der Waals surface area contributed by atoms with E-state index in [0.717, 1.165) is 19.7 Å². The van der Waals surface area contributed by atoms with Crippen LogP contribution in [0.4, 0.5) is 0 Å². The molecule has 0 aromatic heterocycles. The molecular weight excluding hydrogens is 210 g/mol. The maximum atomic E-state index is 5.58. The summed E-state index contributed by atoms with van der Waals surface area (Å²) < 4.78 is 5.58. The standard InChI is InChI=1S/C15H23NO/c1-4-15(2,3)13-16-10-11-17-12-14-8-6-5-7-9-14/h4-9,16H,1,10-13H2,2-3H3. The van der Waals surface area contributed by atoms with Gasteiger partial charge in [-0.2, -0.15) is 0 Å². The molecule has 0 atom stereocenters. The van der Waals surface area contributed by atoms with E-state index in [0.29, 0.717) is 6.61 Å². The lowest BCUT2D eigenvalue weighted by atomic mass is 9.94. The minimum Gasteiger partial charge on any atom is -0.375 e. The third-order valence-electron chi connectivity index (χ3n) is 2.67. The maximum absolute atomic E-state index is 5.58. The highest BCUT2D eigenvalue weighted by Gasteiger charge is 2.10. The number of nitrogens with one attached hydrogen (secondary N) is 1. The fourth-order valence-electron chi connectivity index (χ4n) is 1.39. The van der Waals surface area contributed by atoms with Crippen LogP contribution >= 0.6 is 0 Å². The van der Waals surface area contributed by atoms with Gasteiger partial charge in [0, 0.05) is 13.1 Å². The summed E-state index contributed by atoms with van der Waals surface area (Å²) in [6, 6.07) is 10.2. The summed E-state index contributed by atoms with van der Waals surface area (Å²) in [6.07, 6.45) is 1.98. The molecule has 17 heavy (non-hydrogen) atoms. The molecule has 0 amide bonds. The summed E-state index contributed by atoms with van der Waals surface area (Å²) in [5, 5.41) is 3.37. The predicted molar refractivity (Wildman–Crippen MR) is 72.9 cm³/mol. The number of ether oxygens (including phenoxy) is 1. The Morgan fingerprint density at radius 3 is 2.65 bits per heavy atom. The van der Waals surface area contributed by atoms with E-state index in [1.807, 2.05) is 24.3 Å². The quantitative estimate of drug-likeness (QED) is 0.550. The zero-order valence-electron chi connectivity index (χ0n) is 10.9. The normalized spacial score (nSPS) is 11.4. The second-order valence-corrected chi connectivity index (χ2v) is 4.91. The molecule has 0 saturated heterocycles. The summed E-state index contributed by atoms with van der Waals surface area (Å²) in [7, 11) is 0. The molecule has 0 aliphatic rings. The molecule has 94 valence electrons. The zero-order chi connectivity index (χ0) is 12.6. The van der Waals surface area contributed by atoms with Gasteiger partial charge >= 0.3 is 0 Å². The smallest absolute Gasteiger partial charge is 0.0717 e. The Morgan fingerprint density at radius 2 is 2.00 bits per heavy atom. The first-order valence-corrected chi connectivity index (χ1v) is 6.10. The third kappa shape index (κ3) is 6.25. The highest BCUT2D eigenvalue weighted by atomic mass is 16.5. The minimum atomic E-state index is 0.152. The Hall–Kier alpha value is -1.12. The van der Waals surface area contributed by atoms with Crippen molar-refractivity contribution in [2.24, 2.45) is 5.41 Å². The van der Waals surface area contributed by atoms with Crippen LogP contribution in [0.25, 0.3) is 0 Å². The maximum Gasteiger partial charge on any atom is 0.0717 e. The van der Waals surface area contributed by atoms with E-state index in [-0.39, 0.29) is 5.41 Å². The number of hydrogen-bond donors (Lipinski definition) is 1. The lowest BCUT2D eigenvalue weighted by molar-refractivity contribution is 0.121. The molecule has 1 rings (SSSR count). The molecule has 2 nitrogen and oxygen atoms in total. The molecule has 0 heterocycles. The Bertz CT molecular complexity index is 319. The van der Waals surface area contributed by atoms with Crippen molar-refractivity contribution in [1.29, 1.82) is 0 Å². The monoisotopic (exact) mass is 233 g/mol. The van der Waals surface area contributed by atoms with Gasteiger partial charge in [0.15, 0.2) is 0 Å². The van der Waals surface area contributed by atoms with Gasteiger partial charge in [-0.1, -0.05) is 50.3 Å². The second kappa shape index (κ2) is 7.25. The van der Waals surface area contributed by atoms with Crippen molar-refractivity contribution in [2.75, 3.05) is 19.7 Å². The Balaban J connectivity index is 2.04. The lowest BCUT2D eigenvalue weighted by Crippen LogP contribution is -2.30. The van der Waals surface area contributed by atoms with E-state index in [4.69, 9.17) is 4.74 Å². The van der Waals surface area contributed by atoms with Crippen molar-refractivity contribution in [3.63, 3.8) is 0 Å². The van der Waals surface area contributed by atoms with Crippen LogP contribution in [-0.2, 0) is 11.3 Å². The third-order valence-corrected chi connectivity index (χ3v) is 2.67. The minimum absolute atomic E-state index is 0.152. The second-order valence-electron chi connectivity index (χ2n) is 4.91. The van der Waals surface area contributed by atoms with Gasteiger partial charge in [0.25, 0.3) is 0 Å². The van der Waals surface area contributed by atoms with Gasteiger partial charge in [-0.05, 0) is 11.0 Å². The average Bonchev–Trinajstić information content (AvgIpc) is 2.35. The predicted octanol–water partition coefficient (Wildman–Crippen LogP) is 3.01. The van der Waals surface area contributed by atoms with Crippen LogP contribution in [0.15, 0.2) is 43.0 Å². The van der Waals surface area contributed by atoms with Crippen molar-refractivity contribution >= 4 is 0 Å². The first kappa shape index (κ1) is 13.9. The molecular formula is C15H23NO. The van der Waals surface area contributed by atoms with E-state index in [9.17, 15) is 0 Å². The summed E-state index contributed by atoms with van der Waals surface area (Å²) in [4.78, 5) is 0. The molecule has 0 spiro atoms. The van der Waals surface area contributed by atoms with Crippen molar-refractivity contribution in [3.05, 3.63) is 48.6 Å². The summed E-state index contributed by atoms with van der Waals surface area (Å²) >= 11 is 0. The first-order chi connectivity index (χ1) is 8.14. The van der Waals surface area contributed by atoms with Crippen LogP contribution in [0.3, 0.4) is 0 Å². The Morgan fingerprint density at radius 1 is 1.29 bits per heavy atom. The van der Waals surface area contributed by atoms with Crippen LogP contribution in [0.1, 0.15) is 19.4 Å². The molecule has 0 aliphatic heterocycles. The average molecular weight is 233 g/mol. The number of rotatable bonds is 8. The largest absolute Gasteiger partial charge is 0.375 e. The molecule has 2 heteroatoms. The fraction of sp³-hybridized carbons (Fsp3) is 0.467. The van der Waals surface area contributed by atoms with Gasteiger partial charge in [-0.3, -0.25) is 0 Å². The molecule has 0 fully saturated rings. The van der Waals surface area contributed by atoms with Crippen LogP contribution in [-0.4, -0.2) is 19.7 Å². The fourth-order valence-corrected chi connectivity index (χ4v) is 1.39. The highest BCUT2D eigenvalue weighted by molar-refractivity contribution is 5.13. The van der Waals surface area contributed by atoms with E-state index in [1.54, 1.807) is 0 Å². The van der Waals surface area contributed by atoms with E-state index >= 15 is 0 Å². The summed E-state index contributed by atoms with van der Waals surface area (Å²) in [6.45, 7) is 11.4. The van der Waals surface area contributed by atoms with E-state index in [1.165, 1.54) is 5.56 Å². The van der Waals surface area contributed by atoms with Crippen LogP contribution in [0.5, 0.6) is 0 Å². The number of hydrogen-bond acceptors (Lipinski definition) is 2. The van der Waals surface area contributed by atoms with Crippen molar-refractivity contribution in [3.8, 4) is 0 Å². The van der Waals surface area contributed by atoms with Crippen molar-refractivity contribution < 1.29 is 4.74 Å². The lowest BCUT2D eigenvalue weighted by Gasteiger charge is -2.20. The van der Waals surface area contributed by atoms with E-state index < -0.39 is 0 Å². The topological polar surface area (TPSA) is 21.3 Å². The molecule has 1 N–H and O–H groups in total. The van der Waals surface area contributed by atoms with Gasteiger partial charge in [-0.15, -0.1) is 6.58 Å². The van der Waals surface area contributed by atoms with Gasteiger partial charge in [0.2, 0.25) is 0 Å². The van der Waals surface area contributed by atoms with Crippen molar-refractivity contribution in [1.82, 2.24) is 5.32 Å². The Labute approximate surface area is 105 Å². The summed E-state index contributed by atoms with van der Waals surface area (Å²) in [5.41, 5.74) is 1.37. The molecule has 0 radical (unpaired) electrons. The number of benzene rings is 1. The van der Waals surface area contributed by atoms with Crippen LogP contribution < -0.4 is 5.32 Å². The van der Waals surface area contributed by atoms with Crippen LogP contribution in [0, 0.1) is 5.41 Å². The molecule has 0 aliphatic carbocycles. The van der Waals surface area contributed by atoms with Crippen molar-refractivity contribution in [2.45, 2.75) is 20.5 Å². The molecule has 0 saturated carbocycles.